The van der Waals surface area contributed by atoms with E-state index in [-0.39, 0.29) is 24.4 Å². The van der Waals surface area contributed by atoms with Crippen molar-refractivity contribution < 1.29 is 9.59 Å². The second-order valence-corrected chi connectivity index (χ2v) is 6.75. The first-order valence-electron chi connectivity index (χ1n) is 8.67. The molecule has 2 aromatic carbocycles. The summed E-state index contributed by atoms with van der Waals surface area (Å²) in [6, 6.07) is 16.1. The average Bonchev–Trinajstić information content (AvgIpc) is 2.91. The number of carbonyl (C=O) groups excluding carboxylic acids is 2. The lowest BCUT2D eigenvalue weighted by Gasteiger charge is -2.27. The zero-order chi connectivity index (χ0) is 18.0. The number of anilines is 1. The molecular formula is C21H24N2O2. The second-order valence-electron chi connectivity index (χ2n) is 6.75. The lowest BCUT2D eigenvalue weighted by Crippen LogP contribution is -2.44. The largest absolute Gasteiger partial charge is 0.329 e. The monoisotopic (exact) mass is 336 g/mol. The van der Waals surface area contributed by atoms with Crippen molar-refractivity contribution in [1.82, 2.24) is 4.90 Å². The Labute approximate surface area is 149 Å². The van der Waals surface area contributed by atoms with Gasteiger partial charge in [-0.3, -0.25) is 9.59 Å². The van der Waals surface area contributed by atoms with Crippen molar-refractivity contribution in [3.05, 3.63) is 65.2 Å². The van der Waals surface area contributed by atoms with Crippen molar-refractivity contribution in [2.24, 2.45) is 0 Å². The van der Waals surface area contributed by atoms with Gasteiger partial charge in [-0.1, -0.05) is 42.5 Å². The Kier molecular flexibility index (Phi) is 4.88. The molecule has 4 nitrogen and oxygen atoms in total. The summed E-state index contributed by atoms with van der Waals surface area (Å²) in [6.45, 7) is 6.15. The van der Waals surface area contributed by atoms with E-state index in [0.29, 0.717) is 6.54 Å². The third-order valence-corrected chi connectivity index (χ3v) is 4.87. The van der Waals surface area contributed by atoms with E-state index in [1.165, 1.54) is 12.5 Å². The molecule has 1 heterocycles. The zero-order valence-corrected chi connectivity index (χ0v) is 15.0. The number of para-hydroxylation sites is 1. The number of benzene rings is 2. The van der Waals surface area contributed by atoms with Crippen LogP contribution in [0.3, 0.4) is 0 Å². The summed E-state index contributed by atoms with van der Waals surface area (Å²) in [6.07, 6.45) is 0.861. The molecular weight excluding hydrogens is 312 g/mol. The van der Waals surface area contributed by atoms with Gasteiger partial charge < -0.3 is 9.80 Å². The zero-order valence-electron chi connectivity index (χ0n) is 15.0. The average molecular weight is 336 g/mol. The quantitative estimate of drug-likeness (QED) is 0.859. The maximum absolute atomic E-state index is 12.9. The van der Waals surface area contributed by atoms with Crippen LogP contribution in [0.2, 0.25) is 0 Å². The van der Waals surface area contributed by atoms with Crippen molar-refractivity contribution in [2.45, 2.75) is 39.8 Å². The van der Waals surface area contributed by atoms with Gasteiger partial charge in [0, 0.05) is 25.2 Å². The summed E-state index contributed by atoms with van der Waals surface area (Å²) in [5, 5.41) is 0. The lowest BCUT2D eigenvalue weighted by atomic mass is 10.1. The molecule has 0 fully saturated rings. The molecule has 1 unspecified atom stereocenters. The number of hydrogen-bond donors (Lipinski definition) is 0. The van der Waals surface area contributed by atoms with Gasteiger partial charge in [-0.25, -0.2) is 0 Å². The van der Waals surface area contributed by atoms with Crippen LogP contribution in [0.1, 0.15) is 30.5 Å². The van der Waals surface area contributed by atoms with Crippen LogP contribution < -0.4 is 4.90 Å². The SMILES string of the molecule is CC(=O)N(CC(=O)N1c2ccccc2CC1C)Cc1ccccc1C. The molecule has 2 aromatic rings. The molecule has 1 aliphatic rings. The molecule has 1 atom stereocenters. The van der Waals surface area contributed by atoms with Crippen LogP contribution >= 0.6 is 0 Å². The van der Waals surface area contributed by atoms with E-state index in [9.17, 15) is 9.59 Å². The van der Waals surface area contributed by atoms with Gasteiger partial charge in [0.15, 0.2) is 0 Å². The summed E-state index contributed by atoms with van der Waals surface area (Å²) in [5.74, 6) is -0.113. The highest BCUT2D eigenvalue weighted by Gasteiger charge is 2.31. The van der Waals surface area contributed by atoms with Crippen molar-refractivity contribution >= 4 is 17.5 Å². The third-order valence-electron chi connectivity index (χ3n) is 4.87. The summed E-state index contributed by atoms with van der Waals surface area (Å²) in [5.41, 5.74) is 4.36. The van der Waals surface area contributed by atoms with Crippen LogP contribution in [0.15, 0.2) is 48.5 Å². The number of aryl methyl sites for hydroxylation is 1. The van der Waals surface area contributed by atoms with Gasteiger partial charge in [0.1, 0.15) is 6.54 Å². The van der Waals surface area contributed by atoms with Gasteiger partial charge in [0.2, 0.25) is 11.8 Å². The van der Waals surface area contributed by atoms with Crippen LogP contribution in [0.5, 0.6) is 0 Å². The number of amides is 2. The predicted octanol–water partition coefficient (Wildman–Crippen LogP) is 3.32. The van der Waals surface area contributed by atoms with Crippen molar-refractivity contribution in [3.63, 3.8) is 0 Å². The molecule has 130 valence electrons. The molecule has 0 bridgehead atoms. The first kappa shape index (κ1) is 17.2. The molecule has 4 heteroatoms. The van der Waals surface area contributed by atoms with E-state index < -0.39 is 0 Å². The highest BCUT2D eigenvalue weighted by atomic mass is 16.2. The fraction of sp³-hybridized carbons (Fsp3) is 0.333. The minimum Gasteiger partial charge on any atom is -0.329 e. The maximum atomic E-state index is 12.9. The minimum absolute atomic E-state index is 0.0266. The van der Waals surface area contributed by atoms with Crippen LogP contribution in [0.25, 0.3) is 0 Å². The highest BCUT2D eigenvalue weighted by Crippen LogP contribution is 2.31. The van der Waals surface area contributed by atoms with Crippen LogP contribution in [0.4, 0.5) is 5.69 Å². The molecule has 0 spiro atoms. The number of nitrogens with zero attached hydrogens (tertiary/aromatic N) is 2. The molecule has 25 heavy (non-hydrogen) atoms. The van der Waals surface area contributed by atoms with Crippen LogP contribution in [0, 0.1) is 6.92 Å². The Morgan fingerprint density at radius 3 is 2.52 bits per heavy atom. The van der Waals surface area contributed by atoms with Crippen molar-refractivity contribution in [2.75, 3.05) is 11.4 Å². The Bertz CT molecular complexity index is 800. The summed E-state index contributed by atoms with van der Waals surface area (Å²) in [4.78, 5) is 28.5. The van der Waals surface area contributed by atoms with Gasteiger partial charge in [-0.05, 0) is 43.0 Å². The molecule has 2 amide bonds. The molecule has 0 aromatic heterocycles. The second kappa shape index (κ2) is 7.09. The smallest absolute Gasteiger partial charge is 0.246 e. The van der Waals surface area contributed by atoms with Gasteiger partial charge in [0.25, 0.3) is 0 Å². The van der Waals surface area contributed by atoms with E-state index in [2.05, 4.69) is 13.0 Å². The summed E-state index contributed by atoms with van der Waals surface area (Å²) in [7, 11) is 0. The van der Waals surface area contributed by atoms with Crippen molar-refractivity contribution in [3.8, 4) is 0 Å². The molecule has 1 aliphatic heterocycles. The summed E-state index contributed by atoms with van der Waals surface area (Å²) < 4.78 is 0. The fourth-order valence-electron chi connectivity index (χ4n) is 3.46. The van der Waals surface area contributed by atoms with E-state index >= 15 is 0 Å². The van der Waals surface area contributed by atoms with Crippen LogP contribution in [-0.4, -0.2) is 29.3 Å². The molecule has 0 saturated heterocycles. The van der Waals surface area contributed by atoms with Gasteiger partial charge in [-0.2, -0.15) is 0 Å². The van der Waals surface area contributed by atoms with E-state index in [4.69, 9.17) is 0 Å². The van der Waals surface area contributed by atoms with Gasteiger partial charge >= 0.3 is 0 Å². The molecule has 3 rings (SSSR count). The Balaban J connectivity index is 1.78. The number of hydrogen-bond acceptors (Lipinski definition) is 2. The van der Waals surface area contributed by atoms with Gasteiger partial charge in [0.05, 0.1) is 0 Å². The lowest BCUT2D eigenvalue weighted by molar-refractivity contribution is -0.134. The molecule has 0 saturated carbocycles. The highest BCUT2D eigenvalue weighted by molar-refractivity contribution is 5.98. The molecule has 0 aliphatic carbocycles. The van der Waals surface area contributed by atoms with E-state index in [1.807, 2.05) is 54.3 Å². The molecule has 0 N–H and O–H groups in total. The third kappa shape index (κ3) is 3.58. The topological polar surface area (TPSA) is 40.6 Å². The predicted molar refractivity (Wildman–Crippen MR) is 99.4 cm³/mol. The molecule has 0 radical (unpaired) electrons. The van der Waals surface area contributed by atoms with Crippen molar-refractivity contribution in [1.29, 1.82) is 0 Å². The Hall–Kier alpha value is -2.62. The minimum atomic E-state index is -0.0864. The van der Waals surface area contributed by atoms with E-state index in [0.717, 1.165) is 23.2 Å². The maximum Gasteiger partial charge on any atom is 0.246 e. The van der Waals surface area contributed by atoms with Gasteiger partial charge in [-0.15, -0.1) is 0 Å². The number of fused-ring (bicyclic) bond motifs is 1. The standard InChI is InChI=1S/C21H24N2O2/c1-15-8-4-5-10-19(15)13-22(17(3)24)14-21(25)23-16(2)12-18-9-6-7-11-20(18)23/h4-11,16H,12-14H2,1-3H3. The number of carbonyl (C=O) groups is 2. The first-order chi connectivity index (χ1) is 12.0. The Morgan fingerprint density at radius 2 is 1.80 bits per heavy atom. The Morgan fingerprint density at radius 1 is 1.12 bits per heavy atom. The summed E-state index contributed by atoms with van der Waals surface area (Å²) >= 11 is 0. The first-order valence-corrected chi connectivity index (χ1v) is 8.67. The van der Waals surface area contributed by atoms with E-state index in [1.54, 1.807) is 4.90 Å². The van der Waals surface area contributed by atoms with Crippen LogP contribution in [-0.2, 0) is 22.6 Å². The number of rotatable bonds is 4. The normalized spacial score (nSPS) is 15.8. The fourth-order valence-corrected chi connectivity index (χ4v) is 3.46.